The van der Waals surface area contributed by atoms with Crippen LogP contribution in [0.1, 0.15) is 57.1 Å². The first-order chi connectivity index (χ1) is 13.8. The molecule has 160 valence electrons. The van der Waals surface area contributed by atoms with Gasteiger partial charge in [-0.1, -0.05) is 43.0 Å². The number of amides is 1. The van der Waals surface area contributed by atoms with Crippen molar-refractivity contribution < 1.29 is 28.2 Å². The second kappa shape index (κ2) is 12.1. The molecule has 1 aliphatic rings. The zero-order valence-corrected chi connectivity index (χ0v) is 18.4. The van der Waals surface area contributed by atoms with E-state index in [2.05, 4.69) is 5.32 Å². The number of hydrogen-bond donors (Lipinski definition) is 1. The van der Waals surface area contributed by atoms with Crippen molar-refractivity contribution in [1.29, 1.82) is 0 Å². The highest BCUT2D eigenvalue weighted by molar-refractivity contribution is 7.38. The van der Waals surface area contributed by atoms with E-state index in [1.165, 1.54) is 13.6 Å². The number of carbonyl (C=O) groups is 2. The van der Waals surface area contributed by atoms with Crippen LogP contribution in [0.3, 0.4) is 0 Å². The van der Waals surface area contributed by atoms with Crippen LogP contribution in [0.25, 0.3) is 0 Å². The molecule has 1 N–H and O–H groups in total. The van der Waals surface area contributed by atoms with E-state index in [0.717, 1.165) is 37.7 Å². The van der Waals surface area contributed by atoms with Crippen LogP contribution in [0.4, 0.5) is 4.79 Å². The highest BCUT2D eigenvalue weighted by Crippen LogP contribution is 2.25. The Hall–Kier alpha value is -1.69. The zero-order chi connectivity index (χ0) is 21.2. The molecule has 1 aromatic rings. The predicted octanol–water partition coefficient (Wildman–Crippen LogP) is 5.36. The molecule has 1 amide bonds. The van der Waals surface area contributed by atoms with Crippen LogP contribution in [0.15, 0.2) is 24.3 Å². The summed E-state index contributed by atoms with van der Waals surface area (Å²) in [4.78, 5) is 24.5. The summed E-state index contributed by atoms with van der Waals surface area (Å²) in [6.07, 6.45) is 3.49. The molecule has 0 heterocycles. The molecule has 29 heavy (non-hydrogen) atoms. The Morgan fingerprint density at radius 2 is 1.83 bits per heavy atom. The number of hydrogen-bond acceptors (Lipinski definition) is 6. The summed E-state index contributed by atoms with van der Waals surface area (Å²) >= 11 is 5.93. The minimum Gasteiger partial charge on any atom is -0.425 e. The van der Waals surface area contributed by atoms with E-state index in [1.807, 2.05) is 0 Å². The van der Waals surface area contributed by atoms with E-state index in [1.54, 1.807) is 24.3 Å². The van der Waals surface area contributed by atoms with E-state index in [-0.39, 0.29) is 18.5 Å². The smallest absolute Gasteiger partial charge is 0.425 e. The van der Waals surface area contributed by atoms with Gasteiger partial charge in [-0.15, -0.1) is 4.52 Å². The fourth-order valence-corrected chi connectivity index (χ4v) is 3.75. The third-order valence-corrected chi connectivity index (χ3v) is 5.54. The van der Waals surface area contributed by atoms with Gasteiger partial charge >= 0.3 is 20.1 Å². The van der Waals surface area contributed by atoms with Crippen molar-refractivity contribution in [2.24, 2.45) is 5.92 Å². The summed E-state index contributed by atoms with van der Waals surface area (Å²) in [6.45, 7) is 3.19. The molecule has 1 saturated carbocycles. The predicted molar refractivity (Wildman–Crippen MR) is 110 cm³/mol. The Bertz CT molecular complexity index is 693. The molecule has 9 heteroatoms. The van der Waals surface area contributed by atoms with Gasteiger partial charge in [0.2, 0.25) is 6.29 Å². The van der Waals surface area contributed by atoms with Gasteiger partial charge in [-0.05, 0) is 35.1 Å². The number of alkyl carbamates (subject to hydrolysis) is 1. The normalized spacial score (nSPS) is 17.1. The van der Waals surface area contributed by atoms with Gasteiger partial charge in [-0.25, -0.2) is 4.79 Å². The Kier molecular flexibility index (Phi) is 9.85. The quantitative estimate of drug-likeness (QED) is 0.313. The van der Waals surface area contributed by atoms with Crippen molar-refractivity contribution >= 4 is 31.7 Å². The molecule has 1 aromatic carbocycles. The van der Waals surface area contributed by atoms with Crippen molar-refractivity contribution in [2.45, 2.75) is 57.8 Å². The Morgan fingerprint density at radius 1 is 1.17 bits per heavy atom. The van der Waals surface area contributed by atoms with Crippen LogP contribution in [0.2, 0.25) is 5.02 Å². The molecule has 2 rings (SSSR count). The van der Waals surface area contributed by atoms with Crippen molar-refractivity contribution in [2.75, 3.05) is 13.3 Å². The number of esters is 1. The topological polar surface area (TPSA) is 90.9 Å². The van der Waals surface area contributed by atoms with Gasteiger partial charge in [0.1, 0.15) is 6.61 Å². The van der Waals surface area contributed by atoms with E-state index in [0.29, 0.717) is 11.4 Å². The number of halogens is 1. The van der Waals surface area contributed by atoms with Gasteiger partial charge < -0.3 is 14.8 Å². The molecule has 0 aromatic heterocycles. The van der Waals surface area contributed by atoms with Crippen LogP contribution in [-0.4, -0.2) is 31.6 Å². The largest absolute Gasteiger partial charge is 0.504 e. The summed E-state index contributed by atoms with van der Waals surface area (Å²) in [5.74, 6) is -0.438. The molecular weight excluding hydrogens is 417 g/mol. The molecule has 0 radical (unpaired) electrons. The average Bonchev–Trinajstić information content (AvgIpc) is 2.68. The standard InChI is InChI=1S/C20H27ClNO6P/c1-14(27-19(23)16-6-4-3-5-7-16)28-20(24)22-18(12-13-26-29(2)25)15-8-10-17(21)11-9-15/h8-11,14,16,18H,3-7,12-13H2,1-2H3/p+1. The van der Waals surface area contributed by atoms with Crippen LogP contribution >= 0.6 is 19.6 Å². The van der Waals surface area contributed by atoms with Gasteiger partial charge in [0.05, 0.1) is 12.0 Å². The molecule has 7 nitrogen and oxygen atoms in total. The Morgan fingerprint density at radius 3 is 2.45 bits per heavy atom. The summed E-state index contributed by atoms with van der Waals surface area (Å²) in [7, 11) is -1.73. The SMILES string of the molecule is CC(OC(=O)NC(CCO[P+](C)=O)c1ccc(Cl)cc1)OC(=O)C1CCCCC1. The molecule has 0 spiro atoms. The van der Waals surface area contributed by atoms with Crippen LogP contribution in [0.5, 0.6) is 0 Å². The van der Waals surface area contributed by atoms with E-state index in [9.17, 15) is 14.2 Å². The third kappa shape index (κ3) is 8.69. The summed E-state index contributed by atoms with van der Waals surface area (Å²) < 4.78 is 26.7. The van der Waals surface area contributed by atoms with Crippen molar-refractivity contribution in [3.8, 4) is 0 Å². The monoisotopic (exact) mass is 444 g/mol. The number of carbonyl (C=O) groups excluding carboxylic acids is 2. The molecule has 0 saturated heterocycles. The van der Waals surface area contributed by atoms with Crippen molar-refractivity contribution in [3.05, 3.63) is 34.9 Å². The van der Waals surface area contributed by atoms with E-state index >= 15 is 0 Å². The second-order valence-corrected chi connectivity index (χ2v) is 8.63. The maximum atomic E-state index is 12.3. The zero-order valence-electron chi connectivity index (χ0n) is 16.8. The lowest BCUT2D eigenvalue weighted by atomic mass is 9.89. The first kappa shape index (κ1) is 23.6. The fourth-order valence-electron chi connectivity index (χ4n) is 3.27. The van der Waals surface area contributed by atoms with E-state index in [4.69, 9.17) is 25.6 Å². The lowest BCUT2D eigenvalue weighted by Crippen LogP contribution is -2.34. The number of rotatable bonds is 9. The van der Waals surface area contributed by atoms with Crippen LogP contribution in [-0.2, 0) is 23.4 Å². The van der Waals surface area contributed by atoms with Crippen LogP contribution < -0.4 is 5.32 Å². The molecule has 3 atom stereocenters. The minimum absolute atomic E-state index is 0.118. The Balaban J connectivity index is 1.88. The third-order valence-electron chi connectivity index (χ3n) is 4.74. The molecular formula is C20H28ClNO6P+. The highest BCUT2D eigenvalue weighted by Gasteiger charge is 2.26. The molecule has 1 fully saturated rings. The lowest BCUT2D eigenvalue weighted by Gasteiger charge is -2.23. The maximum absolute atomic E-state index is 12.3. The number of nitrogens with one attached hydrogen (secondary N) is 1. The van der Waals surface area contributed by atoms with Gasteiger partial charge in [0.15, 0.2) is 6.66 Å². The summed E-state index contributed by atoms with van der Waals surface area (Å²) in [5, 5.41) is 3.32. The minimum atomic E-state index is -1.73. The number of ether oxygens (including phenoxy) is 2. The lowest BCUT2D eigenvalue weighted by molar-refractivity contribution is -0.171. The Labute approximate surface area is 177 Å². The van der Waals surface area contributed by atoms with E-state index < -0.39 is 26.5 Å². The maximum Gasteiger partial charge on any atom is 0.504 e. The van der Waals surface area contributed by atoms with Crippen LogP contribution in [0, 0.1) is 5.92 Å². The average molecular weight is 445 g/mol. The molecule has 0 bridgehead atoms. The van der Waals surface area contributed by atoms with Gasteiger partial charge in [-0.2, -0.15) is 0 Å². The van der Waals surface area contributed by atoms with Crippen molar-refractivity contribution in [1.82, 2.24) is 5.32 Å². The van der Waals surface area contributed by atoms with Gasteiger partial charge in [0.25, 0.3) is 0 Å². The molecule has 0 aliphatic heterocycles. The molecule has 1 aliphatic carbocycles. The highest BCUT2D eigenvalue weighted by atomic mass is 35.5. The second-order valence-electron chi connectivity index (χ2n) is 7.05. The summed E-state index contributed by atoms with van der Waals surface area (Å²) in [6, 6.07) is 6.56. The molecule has 3 unspecified atom stereocenters. The number of benzene rings is 1. The first-order valence-electron chi connectivity index (χ1n) is 9.82. The van der Waals surface area contributed by atoms with Gasteiger partial charge in [-0.3, -0.25) is 4.79 Å². The summed E-state index contributed by atoms with van der Waals surface area (Å²) in [5.41, 5.74) is 0.799. The van der Waals surface area contributed by atoms with Gasteiger partial charge in [0, 0.05) is 18.4 Å². The first-order valence-corrected chi connectivity index (χ1v) is 11.8. The fraction of sp³-hybridized carbons (Fsp3) is 0.600. The van der Waals surface area contributed by atoms with Crippen molar-refractivity contribution in [3.63, 3.8) is 0 Å².